The predicted molar refractivity (Wildman–Crippen MR) is 153 cm³/mol. The molecule has 1 fully saturated rings. The van der Waals surface area contributed by atoms with Crippen molar-refractivity contribution in [2.45, 2.75) is 52.8 Å². The van der Waals surface area contributed by atoms with Gasteiger partial charge in [-0.3, -0.25) is 19.2 Å². The Hall–Kier alpha value is -4.45. The smallest absolute Gasteiger partial charge is 0.310 e. The molecule has 3 aromatic heterocycles. The second-order valence-electron chi connectivity index (χ2n) is 10.6. The van der Waals surface area contributed by atoms with Crippen molar-refractivity contribution in [3.8, 4) is 22.6 Å². The number of nitrogens with one attached hydrogen (secondary N) is 1. The lowest BCUT2D eigenvalue weighted by atomic mass is 10.0. The van der Waals surface area contributed by atoms with Crippen LogP contribution >= 0.6 is 0 Å². The number of esters is 1. The highest BCUT2D eigenvalue weighted by molar-refractivity contribution is 6.06. The minimum atomic E-state index is -0.710. The topological polar surface area (TPSA) is 133 Å². The summed E-state index contributed by atoms with van der Waals surface area (Å²) in [5.41, 5.74) is 3.81. The van der Waals surface area contributed by atoms with Crippen molar-refractivity contribution in [3.05, 3.63) is 59.9 Å². The van der Waals surface area contributed by atoms with Crippen LogP contribution in [-0.2, 0) is 16.6 Å². The van der Waals surface area contributed by atoms with E-state index in [1.807, 2.05) is 48.2 Å². The Bertz CT molecular complexity index is 1520. The minimum absolute atomic E-state index is 0.0188. The number of aromatic nitrogens is 7. The van der Waals surface area contributed by atoms with E-state index in [0.29, 0.717) is 22.9 Å². The number of nitrogens with zero attached hydrogens (tertiary/aromatic N) is 8. The number of anilines is 1. The molecular formula is C29H35N9O3. The first kappa shape index (κ1) is 28.1. The first-order chi connectivity index (χ1) is 19.7. The molecule has 4 heterocycles. The molecule has 0 spiro atoms. The molecule has 1 aliphatic heterocycles. The summed E-state index contributed by atoms with van der Waals surface area (Å²) in [6.45, 7) is 8.87. The van der Waals surface area contributed by atoms with E-state index in [1.54, 1.807) is 44.9 Å². The fraction of sp³-hybridized carbons (Fsp3) is 0.414. The zero-order valence-corrected chi connectivity index (χ0v) is 24.0. The molecule has 1 aromatic carbocycles. The zero-order chi connectivity index (χ0) is 29.1. The van der Waals surface area contributed by atoms with Crippen LogP contribution in [-0.4, -0.2) is 66.0 Å². The van der Waals surface area contributed by atoms with Gasteiger partial charge >= 0.3 is 5.97 Å². The van der Waals surface area contributed by atoms with E-state index < -0.39 is 6.23 Å². The number of benzene rings is 1. The monoisotopic (exact) mass is 557 g/mol. The Labute approximate surface area is 238 Å². The van der Waals surface area contributed by atoms with Gasteiger partial charge in [0, 0.05) is 30.9 Å². The lowest BCUT2D eigenvalue weighted by molar-refractivity contribution is -0.158. The third-order valence-electron chi connectivity index (χ3n) is 7.17. The highest BCUT2D eigenvalue weighted by atomic mass is 16.6. The largest absolute Gasteiger partial charge is 0.438 e. The average Bonchev–Trinajstić information content (AvgIpc) is 3.61. The Morgan fingerprint density at radius 2 is 1.93 bits per heavy atom. The van der Waals surface area contributed by atoms with Gasteiger partial charge in [0.1, 0.15) is 11.5 Å². The van der Waals surface area contributed by atoms with Gasteiger partial charge in [0.05, 0.1) is 18.2 Å². The average molecular weight is 558 g/mol. The summed E-state index contributed by atoms with van der Waals surface area (Å²) < 4.78 is 7.07. The zero-order valence-electron chi connectivity index (χ0n) is 24.0. The molecule has 0 unspecified atom stereocenters. The van der Waals surface area contributed by atoms with Crippen LogP contribution in [0.1, 0.15) is 55.8 Å². The van der Waals surface area contributed by atoms with Gasteiger partial charge in [-0.1, -0.05) is 32.0 Å². The van der Waals surface area contributed by atoms with Crippen LogP contribution in [0.3, 0.4) is 0 Å². The van der Waals surface area contributed by atoms with Crippen LogP contribution in [0.4, 0.5) is 5.82 Å². The van der Waals surface area contributed by atoms with Crippen LogP contribution in [0.25, 0.3) is 22.6 Å². The maximum absolute atomic E-state index is 13.9. The van der Waals surface area contributed by atoms with Crippen LogP contribution in [0, 0.1) is 12.8 Å². The molecule has 1 amide bonds. The van der Waals surface area contributed by atoms with Crippen LogP contribution in [0.15, 0.2) is 48.8 Å². The number of hydrogen-bond acceptors (Lipinski definition) is 9. The molecule has 1 aliphatic rings. The number of pyridine rings is 1. The summed E-state index contributed by atoms with van der Waals surface area (Å²) in [6, 6.07) is 11.3. The molecule has 12 heteroatoms. The minimum Gasteiger partial charge on any atom is -0.438 e. The van der Waals surface area contributed by atoms with E-state index in [0.717, 1.165) is 42.6 Å². The SMILES string of the molecule is Cc1cccnc1N(C(=O)c1ccc(-c2cnn(C)c2-c2nnn([C@@H](C)OC(=O)C(C)C)n2)cc1)[C@H]1CCCNC1. The molecule has 5 rings (SSSR count). The van der Waals surface area contributed by atoms with E-state index in [9.17, 15) is 9.59 Å². The molecule has 0 radical (unpaired) electrons. The first-order valence-electron chi connectivity index (χ1n) is 13.8. The van der Waals surface area contributed by atoms with Crippen molar-refractivity contribution < 1.29 is 14.3 Å². The highest BCUT2D eigenvalue weighted by Crippen LogP contribution is 2.31. The van der Waals surface area contributed by atoms with Gasteiger partial charge in [0.25, 0.3) is 5.91 Å². The van der Waals surface area contributed by atoms with E-state index in [1.165, 1.54) is 4.80 Å². The maximum atomic E-state index is 13.9. The Morgan fingerprint density at radius 1 is 1.15 bits per heavy atom. The molecule has 0 bridgehead atoms. The number of aryl methyl sites for hydroxylation is 2. The van der Waals surface area contributed by atoms with Crippen molar-refractivity contribution in [2.24, 2.45) is 13.0 Å². The molecule has 1 N–H and O–H groups in total. The van der Waals surface area contributed by atoms with Crippen molar-refractivity contribution in [1.82, 2.24) is 40.3 Å². The van der Waals surface area contributed by atoms with Crippen molar-refractivity contribution in [2.75, 3.05) is 18.0 Å². The van der Waals surface area contributed by atoms with Crippen LogP contribution in [0.5, 0.6) is 0 Å². The molecule has 12 nitrogen and oxygen atoms in total. The summed E-state index contributed by atoms with van der Waals surface area (Å²) in [4.78, 5) is 33.6. The lowest BCUT2D eigenvalue weighted by Crippen LogP contribution is -2.49. The van der Waals surface area contributed by atoms with Gasteiger partial charge in [-0.15, -0.1) is 15.0 Å². The van der Waals surface area contributed by atoms with Gasteiger partial charge in [-0.05, 0) is 67.8 Å². The molecular weight excluding hydrogens is 522 g/mol. The number of carbonyl (C=O) groups is 2. The molecule has 2 atom stereocenters. The van der Waals surface area contributed by atoms with Crippen molar-refractivity contribution >= 4 is 17.7 Å². The Balaban J connectivity index is 1.41. The summed E-state index contributed by atoms with van der Waals surface area (Å²) in [7, 11) is 1.80. The number of amides is 1. The number of rotatable bonds is 8. The quantitative estimate of drug-likeness (QED) is 0.323. The van der Waals surface area contributed by atoms with Gasteiger partial charge in [-0.2, -0.15) is 5.10 Å². The fourth-order valence-electron chi connectivity index (χ4n) is 4.89. The third-order valence-corrected chi connectivity index (χ3v) is 7.17. The lowest BCUT2D eigenvalue weighted by Gasteiger charge is -2.34. The standard InChI is InChI=1S/C29H35N9O3/c1-18(2)29(40)41-20(4)38-34-26(33-35-38)25-24(17-32-36(25)5)21-10-12-22(13-11-21)28(39)37(23-9-7-14-30-16-23)27-19(3)8-6-15-31-27/h6,8,10-13,15,17-18,20,23,30H,7,9,14,16H2,1-5H3/t20-,23+/m1/s1. The highest BCUT2D eigenvalue weighted by Gasteiger charge is 2.30. The van der Waals surface area contributed by atoms with Gasteiger partial charge in [0.2, 0.25) is 12.1 Å². The first-order valence-corrected chi connectivity index (χ1v) is 13.8. The summed E-state index contributed by atoms with van der Waals surface area (Å²) >= 11 is 0. The Morgan fingerprint density at radius 3 is 2.61 bits per heavy atom. The van der Waals surface area contributed by atoms with E-state index in [-0.39, 0.29) is 23.8 Å². The molecule has 1 saturated heterocycles. The third kappa shape index (κ3) is 5.87. The number of hydrogen-bond donors (Lipinski definition) is 1. The van der Waals surface area contributed by atoms with E-state index in [4.69, 9.17) is 4.74 Å². The number of ether oxygens (including phenoxy) is 1. The maximum Gasteiger partial charge on any atom is 0.310 e. The van der Waals surface area contributed by atoms with Crippen LogP contribution in [0.2, 0.25) is 0 Å². The van der Waals surface area contributed by atoms with Crippen LogP contribution < -0.4 is 10.2 Å². The molecule has 4 aromatic rings. The summed E-state index contributed by atoms with van der Waals surface area (Å²) in [6.07, 6.45) is 4.66. The second-order valence-corrected chi connectivity index (χ2v) is 10.6. The summed E-state index contributed by atoms with van der Waals surface area (Å²) in [5, 5.41) is 20.6. The van der Waals surface area contributed by atoms with Crippen molar-refractivity contribution in [3.63, 3.8) is 0 Å². The normalized spacial score (nSPS) is 16.0. The number of carbonyl (C=O) groups excluding carboxylic acids is 2. The number of piperidine rings is 1. The van der Waals surface area contributed by atoms with E-state index in [2.05, 4.69) is 30.8 Å². The number of tetrazole rings is 1. The van der Waals surface area contributed by atoms with Gasteiger partial charge in [0.15, 0.2) is 0 Å². The Kier molecular flexibility index (Phi) is 8.20. The molecule has 0 aliphatic carbocycles. The van der Waals surface area contributed by atoms with Gasteiger partial charge in [-0.25, -0.2) is 4.98 Å². The molecule has 41 heavy (non-hydrogen) atoms. The second kappa shape index (κ2) is 12.0. The molecule has 0 saturated carbocycles. The van der Waals surface area contributed by atoms with Crippen molar-refractivity contribution in [1.29, 1.82) is 0 Å². The van der Waals surface area contributed by atoms with Gasteiger partial charge < -0.3 is 10.1 Å². The fourth-order valence-corrected chi connectivity index (χ4v) is 4.89. The molecule has 214 valence electrons. The predicted octanol–water partition coefficient (Wildman–Crippen LogP) is 3.56. The summed E-state index contributed by atoms with van der Waals surface area (Å²) in [5.74, 6) is 0.330. The van der Waals surface area contributed by atoms with E-state index >= 15 is 0 Å².